The van der Waals surface area contributed by atoms with Gasteiger partial charge in [0.05, 0.1) is 6.54 Å². The largest absolute Gasteiger partial charge is 0.423 e. The van der Waals surface area contributed by atoms with Gasteiger partial charge in [0.15, 0.2) is 0 Å². The summed E-state index contributed by atoms with van der Waals surface area (Å²) in [6.07, 6.45) is 1.21. The van der Waals surface area contributed by atoms with Crippen molar-refractivity contribution in [3.8, 4) is 0 Å². The lowest BCUT2D eigenvalue weighted by Crippen LogP contribution is -2.41. The van der Waals surface area contributed by atoms with E-state index in [1.54, 1.807) is 18.2 Å². The fourth-order valence-corrected chi connectivity index (χ4v) is 4.55. The highest BCUT2D eigenvalue weighted by atomic mass is 16.4. The topological polar surface area (TPSA) is 109 Å². The zero-order valence-electron chi connectivity index (χ0n) is 16.7. The Balaban J connectivity index is 1.52. The molecule has 0 unspecified atom stereocenters. The summed E-state index contributed by atoms with van der Waals surface area (Å²) in [5.74, 6) is -0.571. The van der Waals surface area contributed by atoms with Crippen LogP contribution in [0.25, 0.3) is 11.0 Å². The molecule has 1 aromatic heterocycles. The number of aryl methyl sites for hydroxylation is 1. The second-order valence-electron chi connectivity index (χ2n) is 7.87. The van der Waals surface area contributed by atoms with Crippen LogP contribution in [0, 0.1) is 0 Å². The van der Waals surface area contributed by atoms with E-state index in [2.05, 4.69) is 10.6 Å². The Kier molecular flexibility index (Phi) is 4.18. The van der Waals surface area contributed by atoms with Crippen molar-refractivity contribution in [1.82, 2.24) is 10.2 Å². The molecule has 1 atom stereocenters. The number of fused-ring (bicyclic) bond motifs is 3. The van der Waals surface area contributed by atoms with E-state index >= 15 is 0 Å². The van der Waals surface area contributed by atoms with E-state index in [1.807, 2.05) is 24.3 Å². The van der Waals surface area contributed by atoms with E-state index in [0.717, 1.165) is 16.0 Å². The van der Waals surface area contributed by atoms with Gasteiger partial charge >= 0.3 is 11.7 Å². The van der Waals surface area contributed by atoms with Crippen molar-refractivity contribution in [2.24, 2.45) is 0 Å². The second-order valence-corrected chi connectivity index (χ2v) is 7.87. The van der Waals surface area contributed by atoms with Crippen LogP contribution in [0.2, 0.25) is 0 Å². The number of hydrogen-bond acceptors (Lipinski definition) is 5. The van der Waals surface area contributed by atoms with Crippen LogP contribution in [0.5, 0.6) is 0 Å². The predicted molar refractivity (Wildman–Crippen MR) is 112 cm³/mol. The Labute approximate surface area is 176 Å². The first-order chi connectivity index (χ1) is 14.9. The van der Waals surface area contributed by atoms with Crippen LogP contribution in [0.3, 0.4) is 0 Å². The number of hydrogen-bond donors (Lipinski definition) is 2. The van der Waals surface area contributed by atoms with Crippen LogP contribution in [-0.2, 0) is 28.1 Å². The zero-order valence-corrected chi connectivity index (χ0v) is 16.7. The van der Waals surface area contributed by atoms with Crippen LogP contribution < -0.4 is 16.3 Å². The van der Waals surface area contributed by atoms with Crippen molar-refractivity contribution in [1.29, 1.82) is 0 Å². The van der Waals surface area contributed by atoms with Gasteiger partial charge in [0.25, 0.3) is 5.91 Å². The van der Waals surface area contributed by atoms with Gasteiger partial charge in [0.1, 0.15) is 11.1 Å². The van der Waals surface area contributed by atoms with Crippen LogP contribution in [0.4, 0.5) is 10.5 Å². The first kappa shape index (κ1) is 19.0. The summed E-state index contributed by atoms with van der Waals surface area (Å²) in [5.41, 5.74) is 1.46. The van der Waals surface area contributed by atoms with Crippen molar-refractivity contribution in [2.45, 2.75) is 31.8 Å². The predicted octanol–water partition coefficient (Wildman–Crippen LogP) is 2.64. The summed E-state index contributed by atoms with van der Waals surface area (Å²) in [4.78, 5) is 50.8. The number of nitrogens with zero attached hydrogens (tertiary/aromatic N) is 1. The highest BCUT2D eigenvalue weighted by molar-refractivity contribution is 6.08. The Morgan fingerprint density at radius 2 is 1.97 bits per heavy atom. The van der Waals surface area contributed by atoms with E-state index in [-0.39, 0.29) is 23.9 Å². The molecule has 3 aromatic rings. The van der Waals surface area contributed by atoms with E-state index in [4.69, 9.17) is 4.42 Å². The molecule has 1 aliphatic heterocycles. The van der Waals surface area contributed by atoms with E-state index in [9.17, 15) is 19.2 Å². The van der Waals surface area contributed by atoms with Gasteiger partial charge < -0.3 is 15.1 Å². The smallest absolute Gasteiger partial charge is 0.336 e. The third kappa shape index (κ3) is 2.99. The summed E-state index contributed by atoms with van der Waals surface area (Å²) >= 11 is 0. The van der Waals surface area contributed by atoms with Crippen LogP contribution in [-0.4, -0.2) is 22.7 Å². The summed E-state index contributed by atoms with van der Waals surface area (Å²) in [6, 6.07) is 13.3. The number of rotatable bonds is 3. The molecule has 2 aromatic carbocycles. The van der Waals surface area contributed by atoms with Gasteiger partial charge in [-0.05, 0) is 41.7 Å². The number of imide groups is 1. The quantitative estimate of drug-likeness (QED) is 0.503. The Morgan fingerprint density at radius 1 is 1.16 bits per heavy atom. The molecule has 8 nitrogen and oxygen atoms in total. The summed E-state index contributed by atoms with van der Waals surface area (Å²) in [6.45, 7) is 1.32. The first-order valence-electron chi connectivity index (χ1n) is 9.94. The van der Waals surface area contributed by atoms with E-state index in [1.165, 1.54) is 13.0 Å². The molecule has 1 fully saturated rings. The number of carbonyl (C=O) groups excluding carboxylic acids is 3. The second kappa shape index (κ2) is 6.80. The molecule has 2 N–H and O–H groups in total. The molecule has 31 heavy (non-hydrogen) atoms. The van der Waals surface area contributed by atoms with Gasteiger partial charge in [-0.1, -0.05) is 24.3 Å². The van der Waals surface area contributed by atoms with Crippen LogP contribution in [0.1, 0.15) is 30.0 Å². The van der Waals surface area contributed by atoms with Gasteiger partial charge in [-0.2, -0.15) is 0 Å². The number of benzene rings is 2. The zero-order chi connectivity index (χ0) is 21.8. The lowest BCUT2D eigenvalue weighted by atomic mass is 9.92. The molecule has 8 heteroatoms. The summed E-state index contributed by atoms with van der Waals surface area (Å²) in [7, 11) is 0. The third-order valence-corrected chi connectivity index (χ3v) is 5.90. The van der Waals surface area contributed by atoms with E-state index < -0.39 is 17.2 Å². The number of urea groups is 1. The average molecular weight is 417 g/mol. The number of nitrogens with one attached hydrogen (secondary N) is 2. The molecule has 1 saturated heterocycles. The lowest BCUT2D eigenvalue weighted by molar-refractivity contribution is -0.132. The highest BCUT2D eigenvalue weighted by Crippen LogP contribution is 2.41. The molecule has 1 aliphatic carbocycles. The molecular formula is C23H19N3O5. The maximum Gasteiger partial charge on any atom is 0.336 e. The minimum atomic E-state index is -1.05. The van der Waals surface area contributed by atoms with Crippen molar-refractivity contribution in [2.75, 3.05) is 5.32 Å². The van der Waals surface area contributed by atoms with Crippen molar-refractivity contribution >= 4 is 34.5 Å². The Bertz CT molecular complexity index is 1330. The van der Waals surface area contributed by atoms with Gasteiger partial charge in [-0.3, -0.25) is 14.5 Å². The minimum absolute atomic E-state index is 0.0594. The number of carbonyl (C=O) groups is 3. The fourth-order valence-electron chi connectivity index (χ4n) is 4.55. The number of anilines is 1. The van der Waals surface area contributed by atoms with Crippen molar-refractivity contribution < 1.29 is 18.8 Å². The van der Waals surface area contributed by atoms with Gasteiger partial charge in [0, 0.05) is 30.1 Å². The molecule has 5 rings (SSSR count). The highest BCUT2D eigenvalue weighted by Gasteiger charge is 2.55. The normalized spacial score (nSPS) is 19.7. The van der Waals surface area contributed by atoms with Crippen LogP contribution in [0.15, 0.2) is 57.7 Å². The Morgan fingerprint density at radius 3 is 2.77 bits per heavy atom. The van der Waals surface area contributed by atoms with Gasteiger partial charge in [-0.25, -0.2) is 9.59 Å². The van der Waals surface area contributed by atoms with Gasteiger partial charge in [-0.15, -0.1) is 0 Å². The number of amides is 4. The maximum absolute atomic E-state index is 13.4. The standard InChI is InChI=1S/C23H19N3O5/c1-13(27)24-16-6-7-17-15(10-20(28)31-19(17)11-16)12-26-21(29)23(25-22(26)30)9-8-14-4-2-3-5-18(14)23/h2-7,10-11H,8-9,12H2,1H3,(H,24,27)(H,25,30)/t23-/m1/s1. The Hall–Kier alpha value is -3.94. The minimum Gasteiger partial charge on any atom is -0.423 e. The monoisotopic (exact) mass is 417 g/mol. The molecule has 2 aliphatic rings. The third-order valence-electron chi connectivity index (χ3n) is 5.90. The van der Waals surface area contributed by atoms with Crippen molar-refractivity contribution in [3.05, 3.63) is 75.6 Å². The molecule has 0 saturated carbocycles. The molecule has 156 valence electrons. The van der Waals surface area contributed by atoms with Crippen LogP contribution >= 0.6 is 0 Å². The lowest BCUT2D eigenvalue weighted by Gasteiger charge is -2.22. The summed E-state index contributed by atoms with van der Waals surface area (Å²) < 4.78 is 5.27. The average Bonchev–Trinajstić information content (AvgIpc) is 3.20. The van der Waals surface area contributed by atoms with Gasteiger partial charge in [0.2, 0.25) is 5.91 Å². The molecule has 0 radical (unpaired) electrons. The first-order valence-corrected chi connectivity index (χ1v) is 9.94. The fraction of sp³-hybridized carbons (Fsp3) is 0.217. The van der Waals surface area contributed by atoms with E-state index in [0.29, 0.717) is 29.5 Å². The molecule has 1 spiro atoms. The van der Waals surface area contributed by atoms with Crippen molar-refractivity contribution in [3.63, 3.8) is 0 Å². The summed E-state index contributed by atoms with van der Waals surface area (Å²) in [5, 5.41) is 6.11. The molecule has 4 amide bonds. The maximum atomic E-state index is 13.4. The molecular weight excluding hydrogens is 398 g/mol. The molecule has 0 bridgehead atoms. The SMILES string of the molecule is CC(=O)Nc1ccc2c(CN3C(=O)N[C@@]4(CCc5ccccc54)C3=O)cc(=O)oc2c1. The molecule has 2 heterocycles.